The minimum Gasteiger partial charge on any atom is -0.379 e. The highest BCUT2D eigenvalue weighted by Gasteiger charge is 2.69. The van der Waals surface area contributed by atoms with Crippen LogP contribution in [-0.4, -0.2) is 98.3 Å². The molecular formula is C42H70N4O5. The van der Waals surface area contributed by atoms with Gasteiger partial charge in [0.05, 0.1) is 32.5 Å². The molecule has 0 radical (unpaired) electrons. The van der Waals surface area contributed by atoms with Gasteiger partial charge in [-0.15, -0.1) is 0 Å². The van der Waals surface area contributed by atoms with E-state index in [1.807, 2.05) is 0 Å². The molecule has 51 heavy (non-hydrogen) atoms. The Morgan fingerprint density at radius 3 is 2.41 bits per heavy atom. The van der Waals surface area contributed by atoms with Gasteiger partial charge >= 0.3 is 6.03 Å². The first kappa shape index (κ1) is 36.6. The van der Waals surface area contributed by atoms with E-state index in [-0.39, 0.29) is 29.8 Å². The second-order valence-electron chi connectivity index (χ2n) is 19.3. The summed E-state index contributed by atoms with van der Waals surface area (Å²) in [5.74, 6) is 4.51. The normalized spacial score (nSPS) is 45.7. The van der Waals surface area contributed by atoms with Crippen LogP contribution in [0.3, 0.4) is 0 Å². The van der Waals surface area contributed by atoms with E-state index in [9.17, 15) is 9.59 Å². The largest absolute Gasteiger partial charge is 0.379 e. The Bertz CT molecular complexity index is 1250. The van der Waals surface area contributed by atoms with E-state index >= 15 is 0 Å². The van der Waals surface area contributed by atoms with E-state index in [2.05, 4.69) is 48.1 Å². The van der Waals surface area contributed by atoms with E-state index in [0.29, 0.717) is 73.5 Å². The Balaban J connectivity index is 0.871. The van der Waals surface area contributed by atoms with Crippen molar-refractivity contribution in [3.8, 4) is 0 Å². The molecule has 1 spiro atoms. The Kier molecular flexibility index (Phi) is 10.5. The number of ether oxygens (including phenoxy) is 3. The van der Waals surface area contributed by atoms with Crippen molar-refractivity contribution >= 4 is 11.9 Å². The molecule has 3 amide bonds. The molecule has 8 aliphatic rings. The van der Waals surface area contributed by atoms with Crippen LogP contribution in [-0.2, 0) is 19.0 Å². The third kappa shape index (κ3) is 6.79. The lowest BCUT2D eigenvalue weighted by molar-refractivity contribution is -0.273. The number of urea groups is 1. The van der Waals surface area contributed by atoms with Gasteiger partial charge in [-0.3, -0.25) is 9.69 Å². The first-order valence-electron chi connectivity index (χ1n) is 21.6. The first-order valence-corrected chi connectivity index (χ1v) is 21.6. The van der Waals surface area contributed by atoms with Gasteiger partial charge in [0.2, 0.25) is 5.91 Å². The molecule has 3 aliphatic heterocycles. The number of hydrogen-bond donors (Lipinski definition) is 2. The zero-order valence-corrected chi connectivity index (χ0v) is 32.5. The minimum atomic E-state index is -0.331. The molecule has 5 aliphatic carbocycles. The van der Waals surface area contributed by atoms with Crippen LogP contribution >= 0.6 is 0 Å². The number of morpholine rings is 1. The third-order valence-corrected chi connectivity index (χ3v) is 16.7. The maximum Gasteiger partial charge on any atom is 0.317 e. The number of nitrogens with one attached hydrogen (secondary N) is 2. The lowest BCUT2D eigenvalue weighted by atomic mass is 9.44. The summed E-state index contributed by atoms with van der Waals surface area (Å²) < 4.78 is 19.0. The maximum absolute atomic E-state index is 14.0. The fourth-order valence-corrected chi connectivity index (χ4v) is 13.8. The van der Waals surface area contributed by atoms with Crippen LogP contribution < -0.4 is 10.6 Å². The fraction of sp³-hybridized carbons (Fsp3) is 0.952. The van der Waals surface area contributed by atoms with Gasteiger partial charge in [-0.05, 0) is 117 Å². The molecule has 9 nitrogen and oxygen atoms in total. The van der Waals surface area contributed by atoms with Gasteiger partial charge in [0.1, 0.15) is 0 Å². The predicted octanol–water partition coefficient (Wildman–Crippen LogP) is 6.59. The number of carbonyl (C=O) groups excluding carboxylic acids is 2. The second kappa shape index (κ2) is 14.7. The highest BCUT2D eigenvalue weighted by Crippen LogP contribution is 2.71. The molecule has 0 aromatic rings. The molecule has 5 saturated carbocycles. The number of amides is 3. The first-order chi connectivity index (χ1) is 24.6. The van der Waals surface area contributed by atoms with E-state index < -0.39 is 0 Å². The molecule has 3 saturated heterocycles. The standard InChI is InChI=1S/C42H70N4O5/c1-28-12-17-42(50-27-28)29(2)38-36(51-42)25-35-33-11-10-30-24-31(13-15-40(30,3)34(33)14-16-41(35,38)4)44-39(48)46(32-8-6-5-7-9-32)19-18-43-37(47)26-45-20-22-49-23-21-45/h28-36,38H,5-27H2,1-4H3,(H,43,47)(H,44,48)/t28-,29-,30+,31+,33+,34?,35?,36-,38?,40-,41-,42+/m0/s1. The fourth-order valence-electron chi connectivity index (χ4n) is 13.8. The van der Waals surface area contributed by atoms with Crippen LogP contribution in [0.5, 0.6) is 0 Å². The van der Waals surface area contributed by atoms with Gasteiger partial charge in [0.15, 0.2) is 5.79 Å². The monoisotopic (exact) mass is 711 g/mol. The summed E-state index contributed by atoms with van der Waals surface area (Å²) in [6.45, 7) is 15.4. The van der Waals surface area contributed by atoms with Gasteiger partial charge in [-0.2, -0.15) is 0 Å². The number of rotatable bonds is 7. The van der Waals surface area contributed by atoms with Crippen molar-refractivity contribution in [1.82, 2.24) is 20.4 Å². The van der Waals surface area contributed by atoms with Crippen LogP contribution in [0.4, 0.5) is 4.79 Å². The minimum absolute atomic E-state index is 0.0470. The topological polar surface area (TPSA) is 92.4 Å². The average Bonchev–Trinajstić information content (AvgIpc) is 3.58. The summed E-state index contributed by atoms with van der Waals surface area (Å²) in [6, 6.07) is 0.620. The van der Waals surface area contributed by atoms with Gasteiger partial charge in [0, 0.05) is 50.6 Å². The van der Waals surface area contributed by atoms with Crippen molar-refractivity contribution < 1.29 is 23.8 Å². The van der Waals surface area contributed by atoms with Crippen LogP contribution in [0.25, 0.3) is 0 Å². The van der Waals surface area contributed by atoms with Gasteiger partial charge in [0.25, 0.3) is 0 Å². The maximum atomic E-state index is 14.0. The number of carbonyl (C=O) groups is 2. The van der Waals surface area contributed by atoms with Crippen LogP contribution in [0.2, 0.25) is 0 Å². The molecule has 3 unspecified atom stereocenters. The summed E-state index contributed by atoms with van der Waals surface area (Å²) in [5, 5.41) is 6.69. The Labute approximate surface area is 308 Å². The lowest BCUT2D eigenvalue weighted by Crippen LogP contribution is -2.57. The summed E-state index contributed by atoms with van der Waals surface area (Å²) >= 11 is 0. The smallest absolute Gasteiger partial charge is 0.317 e. The van der Waals surface area contributed by atoms with Gasteiger partial charge in [-0.1, -0.05) is 47.0 Å². The molecule has 8 rings (SSSR count). The second-order valence-corrected chi connectivity index (χ2v) is 19.3. The molecule has 12 atom stereocenters. The number of nitrogens with zero attached hydrogens (tertiary/aromatic N) is 2. The molecule has 0 aromatic carbocycles. The van der Waals surface area contributed by atoms with Crippen LogP contribution in [0.1, 0.15) is 124 Å². The van der Waals surface area contributed by atoms with Crippen molar-refractivity contribution in [2.75, 3.05) is 52.5 Å². The Morgan fingerprint density at radius 2 is 1.65 bits per heavy atom. The van der Waals surface area contributed by atoms with Crippen LogP contribution in [0, 0.1) is 52.3 Å². The molecule has 3 heterocycles. The lowest BCUT2D eigenvalue weighted by Gasteiger charge is -2.61. The summed E-state index contributed by atoms with van der Waals surface area (Å²) in [5.41, 5.74) is 0.730. The van der Waals surface area contributed by atoms with Crippen LogP contribution in [0.15, 0.2) is 0 Å². The highest BCUT2D eigenvalue weighted by atomic mass is 16.7. The quantitative estimate of drug-likeness (QED) is 0.310. The average molecular weight is 711 g/mol. The summed E-state index contributed by atoms with van der Waals surface area (Å²) in [4.78, 5) is 31.0. The van der Waals surface area contributed by atoms with Crippen molar-refractivity contribution in [3.63, 3.8) is 0 Å². The number of fused-ring (bicyclic) bond motifs is 7. The zero-order chi connectivity index (χ0) is 35.4. The van der Waals surface area contributed by atoms with Crippen molar-refractivity contribution in [3.05, 3.63) is 0 Å². The predicted molar refractivity (Wildman–Crippen MR) is 198 cm³/mol. The zero-order valence-electron chi connectivity index (χ0n) is 32.5. The van der Waals surface area contributed by atoms with Crippen molar-refractivity contribution in [2.24, 2.45) is 52.3 Å². The molecule has 2 N–H and O–H groups in total. The third-order valence-electron chi connectivity index (χ3n) is 16.7. The number of hydrogen-bond acceptors (Lipinski definition) is 6. The highest BCUT2D eigenvalue weighted by molar-refractivity contribution is 5.78. The summed E-state index contributed by atoms with van der Waals surface area (Å²) in [6.07, 6.45) is 18.4. The molecule has 9 heteroatoms. The molecule has 0 bridgehead atoms. The van der Waals surface area contributed by atoms with Gasteiger partial charge < -0.3 is 29.7 Å². The van der Waals surface area contributed by atoms with Crippen molar-refractivity contribution in [2.45, 2.75) is 148 Å². The summed E-state index contributed by atoms with van der Waals surface area (Å²) in [7, 11) is 0. The Hall–Kier alpha value is -1.42. The SMILES string of the molecule is C[C@H]1CC[C@@]2(OC1)O[C@H]1CC3[C@@H]4CC[C@@H]5C[C@H](NC(=O)N(CCNC(=O)CN6CCOCC6)C6CCCCC6)CC[C@]5(C)C4CC[C@]3(C)C1[C@@H]2C. The molecule has 8 fully saturated rings. The molecule has 288 valence electrons. The van der Waals surface area contributed by atoms with E-state index in [4.69, 9.17) is 14.2 Å². The molecule has 0 aromatic heterocycles. The van der Waals surface area contributed by atoms with E-state index in [1.54, 1.807) is 0 Å². The Morgan fingerprint density at radius 1 is 0.863 bits per heavy atom. The van der Waals surface area contributed by atoms with Gasteiger partial charge in [-0.25, -0.2) is 4.79 Å². The molecular weight excluding hydrogens is 640 g/mol. The van der Waals surface area contributed by atoms with Crippen molar-refractivity contribution in [1.29, 1.82) is 0 Å². The van der Waals surface area contributed by atoms with E-state index in [0.717, 1.165) is 69.6 Å². The van der Waals surface area contributed by atoms with E-state index in [1.165, 1.54) is 64.2 Å².